The fraction of sp³-hybridized carbons (Fsp3) is 0.167. The number of halogens is 2. The third-order valence-electron chi connectivity index (χ3n) is 3.56. The van der Waals surface area contributed by atoms with Crippen molar-refractivity contribution < 1.29 is 14.4 Å². The standard InChI is InChI=1S/C18H17Cl2N3O3/c1-10(24)22-12-5-2-4-11(8-12)18(26)23-16(17(21)25)9-13-14(19)6-3-7-15(13)20/h2-8,16H,9H2,1H3,(H2,21,25)(H,22,24)(H,23,26)/t16-/m1/s1. The van der Waals surface area contributed by atoms with Crippen molar-refractivity contribution in [3.63, 3.8) is 0 Å². The second-order valence-electron chi connectivity index (χ2n) is 5.59. The van der Waals surface area contributed by atoms with E-state index in [2.05, 4.69) is 10.6 Å². The highest BCUT2D eigenvalue weighted by atomic mass is 35.5. The van der Waals surface area contributed by atoms with Gasteiger partial charge < -0.3 is 16.4 Å². The Hall–Kier alpha value is -2.57. The van der Waals surface area contributed by atoms with Gasteiger partial charge in [0.05, 0.1) is 0 Å². The van der Waals surface area contributed by atoms with Gasteiger partial charge in [0.25, 0.3) is 5.91 Å². The largest absolute Gasteiger partial charge is 0.368 e. The molecule has 2 rings (SSSR count). The van der Waals surface area contributed by atoms with Crippen molar-refractivity contribution in [3.8, 4) is 0 Å². The summed E-state index contributed by atoms with van der Waals surface area (Å²) in [6, 6.07) is 10.3. The number of nitrogens with two attached hydrogens (primary N) is 1. The van der Waals surface area contributed by atoms with Gasteiger partial charge in [-0.15, -0.1) is 0 Å². The minimum atomic E-state index is -0.996. The molecule has 0 unspecified atom stereocenters. The first-order chi connectivity index (χ1) is 12.3. The Balaban J connectivity index is 2.18. The van der Waals surface area contributed by atoms with Crippen molar-refractivity contribution in [2.45, 2.75) is 19.4 Å². The van der Waals surface area contributed by atoms with Gasteiger partial charge in [-0.3, -0.25) is 14.4 Å². The molecule has 6 nitrogen and oxygen atoms in total. The molecule has 0 aliphatic heterocycles. The molecule has 0 saturated carbocycles. The molecule has 136 valence electrons. The number of amides is 3. The molecule has 0 saturated heterocycles. The van der Waals surface area contributed by atoms with E-state index in [0.29, 0.717) is 21.3 Å². The van der Waals surface area contributed by atoms with Gasteiger partial charge in [-0.1, -0.05) is 35.3 Å². The second-order valence-corrected chi connectivity index (χ2v) is 6.41. The first kappa shape index (κ1) is 19.8. The highest BCUT2D eigenvalue weighted by Crippen LogP contribution is 2.25. The lowest BCUT2D eigenvalue weighted by Gasteiger charge is -2.17. The van der Waals surface area contributed by atoms with E-state index in [1.54, 1.807) is 36.4 Å². The summed E-state index contributed by atoms with van der Waals surface area (Å²) in [5.41, 5.74) is 6.67. The van der Waals surface area contributed by atoms with Gasteiger partial charge in [-0.25, -0.2) is 0 Å². The van der Waals surface area contributed by atoms with Crippen LogP contribution in [0, 0.1) is 0 Å². The third-order valence-corrected chi connectivity index (χ3v) is 4.27. The number of rotatable bonds is 6. The number of hydrogen-bond donors (Lipinski definition) is 3. The van der Waals surface area contributed by atoms with Gasteiger partial charge >= 0.3 is 0 Å². The number of primary amides is 1. The van der Waals surface area contributed by atoms with Crippen LogP contribution in [0.1, 0.15) is 22.8 Å². The lowest BCUT2D eigenvalue weighted by molar-refractivity contribution is -0.119. The smallest absolute Gasteiger partial charge is 0.252 e. The monoisotopic (exact) mass is 393 g/mol. The van der Waals surface area contributed by atoms with Crippen LogP contribution >= 0.6 is 23.2 Å². The first-order valence-corrected chi connectivity index (χ1v) is 8.44. The highest BCUT2D eigenvalue weighted by molar-refractivity contribution is 6.36. The van der Waals surface area contributed by atoms with E-state index < -0.39 is 17.9 Å². The summed E-state index contributed by atoms with van der Waals surface area (Å²) in [4.78, 5) is 35.4. The van der Waals surface area contributed by atoms with E-state index >= 15 is 0 Å². The Morgan fingerprint density at radius 1 is 1.08 bits per heavy atom. The van der Waals surface area contributed by atoms with Gasteiger partial charge in [-0.2, -0.15) is 0 Å². The normalized spacial score (nSPS) is 11.5. The zero-order chi connectivity index (χ0) is 19.3. The van der Waals surface area contributed by atoms with Crippen LogP contribution in [0.4, 0.5) is 5.69 Å². The molecule has 2 aromatic carbocycles. The Morgan fingerprint density at radius 2 is 1.69 bits per heavy atom. The molecule has 26 heavy (non-hydrogen) atoms. The predicted molar refractivity (Wildman–Crippen MR) is 101 cm³/mol. The fourth-order valence-electron chi connectivity index (χ4n) is 2.34. The molecular formula is C18H17Cl2N3O3. The van der Waals surface area contributed by atoms with Crippen LogP contribution in [0.25, 0.3) is 0 Å². The van der Waals surface area contributed by atoms with Crippen LogP contribution in [-0.4, -0.2) is 23.8 Å². The van der Waals surface area contributed by atoms with Crippen LogP contribution in [0.5, 0.6) is 0 Å². The molecule has 1 atom stereocenters. The minimum absolute atomic E-state index is 0.0605. The number of benzene rings is 2. The van der Waals surface area contributed by atoms with Crippen LogP contribution in [0.3, 0.4) is 0 Å². The Kier molecular flexibility index (Phi) is 6.60. The molecule has 0 aromatic heterocycles. The minimum Gasteiger partial charge on any atom is -0.368 e. The molecule has 0 bridgehead atoms. The van der Waals surface area contributed by atoms with E-state index in [4.69, 9.17) is 28.9 Å². The lowest BCUT2D eigenvalue weighted by Crippen LogP contribution is -2.46. The predicted octanol–water partition coefficient (Wildman–Crippen LogP) is 2.78. The Morgan fingerprint density at radius 3 is 2.27 bits per heavy atom. The van der Waals surface area contributed by atoms with Crippen LogP contribution in [-0.2, 0) is 16.0 Å². The SMILES string of the molecule is CC(=O)Nc1cccc(C(=O)N[C@H](Cc2c(Cl)cccc2Cl)C(N)=O)c1. The average Bonchev–Trinajstić information content (AvgIpc) is 2.56. The molecule has 0 heterocycles. The van der Waals surface area contributed by atoms with Gasteiger partial charge in [-0.05, 0) is 35.9 Å². The van der Waals surface area contributed by atoms with Gasteiger partial charge in [0, 0.05) is 34.6 Å². The lowest BCUT2D eigenvalue weighted by atomic mass is 10.0. The molecule has 4 N–H and O–H groups in total. The van der Waals surface area contributed by atoms with Crippen LogP contribution in [0.15, 0.2) is 42.5 Å². The molecule has 8 heteroatoms. The number of carbonyl (C=O) groups excluding carboxylic acids is 3. The van der Waals surface area contributed by atoms with E-state index in [-0.39, 0.29) is 17.9 Å². The maximum atomic E-state index is 12.5. The molecule has 0 radical (unpaired) electrons. The third kappa shape index (κ3) is 5.21. The maximum absolute atomic E-state index is 12.5. The van der Waals surface area contributed by atoms with Crippen molar-refractivity contribution in [3.05, 3.63) is 63.6 Å². The molecule has 0 aliphatic carbocycles. The number of nitrogens with one attached hydrogen (secondary N) is 2. The summed E-state index contributed by atoms with van der Waals surface area (Å²) in [5.74, 6) is -1.48. The summed E-state index contributed by atoms with van der Waals surface area (Å²) in [6.07, 6.45) is 0.0605. The fourth-order valence-corrected chi connectivity index (χ4v) is 2.89. The zero-order valence-electron chi connectivity index (χ0n) is 13.9. The quantitative estimate of drug-likeness (QED) is 0.702. The average molecular weight is 394 g/mol. The van der Waals surface area contributed by atoms with E-state index in [0.717, 1.165) is 0 Å². The molecule has 0 fully saturated rings. The number of hydrogen-bond acceptors (Lipinski definition) is 3. The zero-order valence-corrected chi connectivity index (χ0v) is 15.4. The number of anilines is 1. The van der Waals surface area contributed by atoms with Gasteiger partial charge in [0.2, 0.25) is 11.8 Å². The molecule has 0 aliphatic rings. The number of carbonyl (C=O) groups is 3. The summed E-state index contributed by atoms with van der Waals surface area (Å²) >= 11 is 12.2. The summed E-state index contributed by atoms with van der Waals surface area (Å²) < 4.78 is 0. The highest BCUT2D eigenvalue weighted by Gasteiger charge is 2.22. The summed E-state index contributed by atoms with van der Waals surface area (Å²) in [5, 5.41) is 5.92. The van der Waals surface area contributed by atoms with Crippen molar-refractivity contribution in [2.24, 2.45) is 5.73 Å². The molecule has 0 spiro atoms. The van der Waals surface area contributed by atoms with Crippen LogP contribution in [0.2, 0.25) is 10.0 Å². The van der Waals surface area contributed by atoms with E-state index in [1.807, 2.05) is 0 Å². The van der Waals surface area contributed by atoms with Crippen molar-refractivity contribution >= 4 is 46.6 Å². The topological polar surface area (TPSA) is 101 Å². The molecule has 2 aromatic rings. The summed E-state index contributed by atoms with van der Waals surface area (Å²) in [7, 11) is 0. The maximum Gasteiger partial charge on any atom is 0.252 e. The Labute approximate surface area is 160 Å². The first-order valence-electron chi connectivity index (χ1n) is 7.68. The summed E-state index contributed by atoms with van der Waals surface area (Å²) in [6.45, 7) is 1.36. The Bertz CT molecular complexity index is 835. The van der Waals surface area contributed by atoms with E-state index in [9.17, 15) is 14.4 Å². The van der Waals surface area contributed by atoms with Gasteiger partial charge in [0.15, 0.2) is 0 Å². The van der Waals surface area contributed by atoms with Crippen molar-refractivity contribution in [2.75, 3.05) is 5.32 Å². The second kappa shape index (κ2) is 8.69. The van der Waals surface area contributed by atoms with Gasteiger partial charge in [0.1, 0.15) is 6.04 Å². The molecule has 3 amide bonds. The van der Waals surface area contributed by atoms with Crippen LogP contribution < -0.4 is 16.4 Å². The van der Waals surface area contributed by atoms with Crippen molar-refractivity contribution in [1.82, 2.24) is 5.32 Å². The van der Waals surface area contributed by atoms with E-state index in [1.165, 1.54) is 13.0 Å². The molecular weight excluding hydrogens is 377 g/mol. The van der Waals surface area contributed by atoms with Crippen molar-refractivity contribution in [1.29, 1.82) is 0 Å².